The van der Waals surface area contributed by atoms with Gasteiger partial charge >= 0.3 is 0 Å². The molecule has 1 N–H and O–H groups in total. The van der Waals surface area contributed by atoms with Crippen LogP contribution < -0.4 is 0 Å². The molecule has 2 aromatic carbocycles. The Hall–Kier alpha value is -1.70. The fourth-order valence-corrected chi connectivity index (χ4v) is 3.05. The maximum atomic E-state index is 14.5. The number of unbranched alkanes of at least 4 members (excludes halogenated alkanes) is 1. The number of hydrogen-bond acceptors (Lipinski definition) is 2. The van der Waals surface area contributed by atoms with Gasteiger partial charge < -0.3 is 5.11 Å². The fourth-order valence-electron chi connectivity index (χ4n) is 2.93. The zero-order valence-electron chi connectivity index (χ0n) is 14.6. The van der Waals surface area contributed by atoms with E-state index in [2.05, 4.69) is 0 Å². The van der Waals surface area contributed by atoms with Crippen molar-refractivity contribution in [3.05, 3.63) is 69.5 Å². The number of halogens is 6. The Balaban J connectivity index is 2.71. The molecular weight excluding hydrogens is 389 g/mol. The predicted molar refractivity (Wildman–Crippen MR) is 93.1 cm³/mol. The quantitative estimate of drug-likeness (QED) is 0.368. The first-order chi connectivity index (χ1) is 12.8. The number of nitrogens with zero attached hydrogens (tertiary/aromatic N) is 1. The van der Waals surface area contributed by atoms with Gasteiger partial charge in [-0.05, 0) is 30.7 Å². The van der Waals surface area contributed by atoms with Gasteiger partial charge in [0.25, 0.3) is 0 Å². The second-order valence-electron chi connectivity index (χ2n) is 6.05. The molecule has 0 aliphatic rings. The average Bonchev–Trinajstić information content (AvgIpc) is 2.66. The van der Waals surface area contributed by atoms with E-state index in [1.54, 1.807) is 0 Å². The maximum absolute atomic E-state index is 14.5. The van der Waals surface area contributed by atoms with E-state index in [1.165, 1.54) is 29.2 Å². The highest BCUT2D eigenvalue weighted by Gasteiger charge is 2.34. The zero-order valence-corrected chi connectivity index (χ0v) is 15.3. The Labute approximate surface area is 159 Å². The smallest absolute Gasteiger partial charge is 0.200 e. The lowest BCUT2D eigenvalue weighted by molar-refractivity contribution is 0.159. The summed E-state index contributed by atoms with van der Waals surface area (Å²) in [6.07, 6.45) is 1.35. The first-order valence-corrected chi connectivity index (χ1v) is 8.82. The van der Waals surface area contributed by atoms with Crippen molar-refractivity contribution in [2.24, 2.45) is 0 Å². The van der Waals surface area contributed by atoms with Crippen LogP contribution in [0.3, 0.4) is 0 Å². The number of aliphatic hydroxyl groups excluding tert-OH is 1. The highest BCUT2D eigenvalue weighted by Crippen LogP contribution is 2.36. The predicted octanol–water partition coefficient (Wildman–Crippen LogP) is 5.22. The fraction of sp³-hybridized carbons (Fsp3) is 0.368. The molecule has 0 fully saturated rings. The number of benzene rings is 2. The molecular formula is C19H19ClF5NO. The van der Waals surface area contributed by atoms with Crippen LogP contribution in [0.25, 0.3) is 0 Å². The molecule has 0 saturated carbocycles. The van der Waals surface area contributed by atoms with Crippen LogP contribution in [0.2, 0.25) is 5.02 Å². The van der Waals surface area contributed by atoms with Gasteiger partial charge in [-0.2, -0.15) is 0 Å². The van der Waals surface area contributed by atoms with Gasteiger partial charge in [-0.1, -0.05) is 37.1 Å². The topological polar surface area (TPSA) is 23.5 Å². The lowest BCUT2D eigenvalue weighted by Gasteiger charge is -2.32. The minimum absolute atomic E-state index is 0.00716. The summed E-state index contributed by atoms with van der Waals surface area (Å²) in [4.78, 5) is 1.49. The minimum Gasteiger partial charge on any atom is -0.395 e. The molecule has 0 heterocycles. The van der Waals surface area contributed by atoms with Gasteiger partial charge in [-0.25, -0.2) is 22.0 Å². The monoisotopic (exact) mass is 407 g/mol. The van der Waals surface area contributed by atoms with Crippen molar-refractivity contribution in [2.75, 3.05) is 19.7 Å². The lowest BCUT2D eigenvalue weighted by Crippen LogP contribution is -2.35. The van der Waals surface area contributed by atoms with E-state index in [1.807, 2.05) is 6.92 Å². The molecule has 8 heteroatoms. The van der Waals surface area contributed by atoms with Gasteiger partial charge in [0.1, 0.15) is 0 Å². The zero-order chi connectivity index (χ0) is 20.1. The van der Waals surface area contributed by atoms with Gasteiger partial charge in [0.2, 0.25) is 5.82 Å². The highest BCUT2D eigenvalue weighted by molar-refractivity contribution is 6.30. The minimum atomic E-state index is -2.20. The summed E-state index contributed by atoms with van der Waals surface area (Å²) in [5, 5.41) is 9.71. The van der Waals surface area contributed by atoms with Crippen molar-refractivity contribution in [2.45, 2.75) is 25.8 Å². The Bertz CT molecular complexity index is 756. The number of rotatable bonds is 8. The molecule has 2 rings (SSSR count). The first kappa shape index (κ1) is 21.6. The molecule has 0 saturated heterocycles. The standard InChI is InChI=1S/C19H19ClF5NO/c1-2-3-8-26(9-10-27)19(11-4-6-12(20)7-5-11)13-14(21)16(23)18(25)17(24)15(13)22/h4-7,19,27H,2-3,8-10H2,1H3. The molecule has 0 aliphatic carbocycles. The van der Waals surface area contributed by atoms with Crippen LogP contribution in [0.1, 0.15) is 36.9 Å². The van der Waals surface area contributed by atoms with Crippen LogP contribution in [-0.4, -0.2) is 29.7 Å². The van der Waals surface area contributed by atoms with Crippen molar-refractivity contribution >= 4 is 11.6 Å². The molecule has 27 heavy (non-hydrogen) atoms. The second kappa shape index (κ2) is 9.48. The van der Waals surface area contributed by atoms with E-state index in [0.29, 0.717) is 23.6 Å². The van der Waals surface area contributed by atoms with Crippen LogP contribution in [0.5, 0.6) is 0 Å². The summed E-state index contributed by atoms with van der Waals surface area (Å²) in [5.41, 5.74) is -0.648. The third kappa shape index (κ3) is 4.59. The molecule has 1 unspecified atom stereocenters. The molecule has 0 aromatic heterocycles. The Morgan fingerprint density at radius 2 is 1.41 bits per heavy atom. The lowest BCUT2D eigenvalue weighted by atomic mass is 9.95. The Kier molecular flexibility index (Phi) is 7.59. The normalized spacial score (nSPS) is 12.6. The molecule has 0 spiro atoms. The third-order valence-corrected chi connectivity index (χ3v) is 4.51. The van der Waals surface area contributed by atoms with Crippen LogP contribution in [0.4, 0.5) is 22.0 Å². The Morgan fingerprint density at radius 1 is 0.889 bits per heavy atom. The van der Waals surface area contributed by atoms with Gasteiger partial charge in [0, 0.05) is 11.6 Å². The van der Waals surface area contributed by atoms with Gasteiger partial charge in [-0.15, -0.1) is 0 Å². The molecule has 2 nitrogen and oxygen atoms in total. The molecule has 148 valence electrons. The summed E-state index contributed by atoms with van der Waals surface area (Å²) in [7, 11) is 0. The maximum Gasteiger partial charge on any atom is 0.200 e. The van der Waals surface area contributed by atoms with Gasteiger partial charge in [0.15, 0.2) is 23.3 Å². The van der Waals surface area contributed by atoms with Crippen molar-refractivity contribution in [1.29, 1.82) is 0 Å². The van der Waals surface area contributed by atoms with Crippen molar-refractivity contribution in [3.63, 3.8) is 0 Å². The van der Waals surface area contributed by atoms with Crippen molar-refractivity contribution in [3.8, 4) is 0 Å². The first-order valence-electron chi connectivity index (χ1n) is 8.45. The van der Waals surface area contributed by atoms with Gasteiger partial charge in [-0.3, -0.25) is 4.90 Å². The molecule has 1 atom stereocenters. The largest absolute Gasteiger partial charge is 0.395 e. The van der Waals surface area contributed by atoms with Crippen molar-refractivity contribution in [1.82, 2.24) is 4.90 Å². The number of hydrogen-bond donors (Lipinski definition) is 1. The van der Waals surface area contributed by atoms with E-state index in [9.17, 15) is 27.1 Å². The summed E-state index contributed by atoms with van der Waals surface area (Å²) in [6, 6.07) is 4.58. The molecule has 0 amide bonds. The summed E-state index contributed by atoms with van der Waals surface area (Å²) in [5.74, 6) is -9.97. The average molecular weight is 408 g/mol. The molecule has 2 aromatic rings. The third-order valence-electron chi connectivity index (χ3n) is 4.25. The summed E-state index contributed by atoms with van der Waals surface area (Å²) in [6.45, 7) is 1.84. The second-order valence-corrected chi connectivity index (χ2v) is 6.49. The number of aliphatic hydroxyl groups is 1. The Morgan fingerprint density at radius 3 is 1.89 bits per heavy atom. The van der Waals surface area contributed by atoms with E-state index in [-0.39, 0.29) is 13.2 Å². The van der Waals surface area contributed by atoms with Crippen LogP contribution in [0, 0.1) is 29.1 Å². The van der Waals surface area contributed by atoms with Crippen LogP contribution in [0.15, 0.2) is 24.3 Å². The molecule has 0 radical (unpaired) electrons. The van der Waals surface area contributed by atoms with E-state index in [0.717, 1.165) is 6.42 Å². The van der Waals surface area contributed by atoms with Crippen LogP contribution in [-0.2, 0) is 0 Å². The van der Waals surface area contributed by atoms with Gasteiger partial charge in [0.05, 0.1) is 18.2 Å². The summed E-state index contributed by atoms with van der Waals surface area (Å²) >= 11 is 5.85. The van der Waals surface area contributed by atoms with E-state index in [4.69, 9.17) is 11.6 Å². The van der Waals surface area contributed by atoms with Crippen molar-refractivity contribution < 1.29 is 27.1 Å². The SMILES string of the molecule is CCCCN(CCO)C(c1ccc(Cl)cc1)c1c(F)c(F)c(F)c(F)c1F. The van der Waals surface area contributed by atoms with E-state index >= 15 is 0 Å². The van der Waals surface area contributed by atoms with Crippen LogP contribution >= 0.6 is 11.6 Å². The van der Waals surface area contributed by atoms with E-state index < -0.39 is 40.7 Å². The molecule has 0 aliphatic heterocycles. The summed E-state index contributed by atoms with van der Waals surface area (Å²) < 4.78 is 70.1. The molecule has 0 bridgehead atoms. The highest BCUT2D eigenvalue weighted by atomic mass is 35.5.